The third-order valence-corrected chi connectivity index (χ3v) is 3.63. The molecule has 3 aromatic rings. The number of nitrogens with zero attached hydrogens (tertiary/aromatic N) is 3. The molecule has 0 aliphatic rings. The molecule has 0 radical (unpaired) electrons. The summed E-state index contributed by atoms with van der Waals surface area (Å²) in [6.07, 6.45) is 1.31. The normalized spacial score (nSPS) is 10.7. The molecular formula is C16H16N4O3. The van der Waals surface area contributed by atoms with Crippen LogP contribution in [0.25, 0.3) is 11.0 Å². The van der Waals surface area contributed by atoms with Gasteiger partial charge in [-0.1, -0.05) is 18.2 Å². The highest BCUT2D eigenvalue weighted by molar-refractivity contribution is 5.90. The van der Waals surface area contributed by atoms with Crippen LogP contribution in [0.1, 0.15) is 11.3 Å². The molecule has 118 valence electrons. The van der Waals surface area contributed by atoms with Crippen molar-refractivity contribution in [3.05, 3.63) is 58.3 Å². The Kier molecular flexibility index (Phi) is 3.84. The Hall–Kier alpha value is -3.09. The van der Waals surface area contributed by atoms with E-state index in [0.717, 1.165) is 11.3 Å². The van der Waals surface area contributed by atoms with Crippen LogP contribution < -0.4 is 15.6 Å². The maximum absolute atomic E-state index is 11.9. The van der Waals surface area contributed by atoms with Crippen LogP contribution >= 0.6 is 0 Å². The van der Waals surface area contributed by atoms with Crippen LogP contribution in [0.5, 0.6) is 5.75 Å². The van der Waals surface area contributed by atoms with Gasteiger partial charge in [0.2, 0.25) is 0 Å². The zero-order valence-corrected chi connectivity index (χ0v) is 12.8. The molecule has 7 heteroatoms. The van der Waals surface area contributed by atoms with E-state index in [-0.39, 0.29) is 5.65 Å². The highest BCUT2D eigenvalue weighted by Gasteiger charge is 2.12. The predicted molar refractivity (Wildman–Crippen MR) is 86.0 cm³/mol. The largest absolute Gasteiger partial charge is 0.496 e. The van der Waals surface area contributed by atoms with Crippen LogP contribution in [0.3, 0.4) is 0 Å². The van der Waals surface area contributed by atoms with Crippen LogP contribution in [0.2, 0.25) is 0 Å². The predicted octanol–water partition coefficient (Wildman–Crippen LogP) is 1.96. The number of ether oxygens (including phenoxy) is 1. The van der Waals surface area contributed by atoms with Crippen molar-refractivity contribution < 1.29 is 9.94 Å². The van der Waals surface area contributed by atoms with Crippen LogP contribution in [0, 0.1) is 6.92 Å². The first-order valence-electron chi connectivity index (χ1n) is 7.04. The molecule has 2 aromatic heterocycles. The number of aromatic nitrogens is 3. The van der Waals surface area contributed by atoms with Crippen molar-refractivity contribution in [3.63, 3.8) is 0 Å². The number of nitrogens with one attached hydrogen (secondary N) is 1. The van der Waals surface area contributed by atoms with Crippen LogP contribution in [0.4, 0.5) is 5.69 Å². The van der Waals surface area contributed by atoms with E-state index in [1.807, 2.05) is 24.3 Å². The van der Waals surface area contributed by atoms with E-state index in [0.29, 0.717) is 28.0 Å². The number of anilines is 1. The van der Waals surface area contributed by atoms with Gasteiger partial charge in [0.25, 0.3) is 5.56 Å². The van der Waals surface area contributed by atoms with Gasteiger partial charge in [-0.2, -0.15) is 0 Å². The average molecular weight is 312 g/mol. The zero-order valence-electron chi connectivity index (χ0n) is 12.8. The number of aryl methyl sites for hydroxylation is 1. The van der Waals surface area contributed by atoms with Crippen LogP contribution in [-0.2, 0) is 6.54 Å². The van der Waals surface area contributed by atoms with E-state index < -0.39 is 5.56 Å². The Morgan fingerprint density at radius 3 is 2.87 bits per heavy atom. The number of hydrogen-bond donors (Lipinski definition) is 2. The van der Waals surface area contributed by atoms with Gasteiger partial charge in [-0.05, 0) is 13.0 Å². The Morgan fingerprint density at radius 2 is 2.09 bits per heavy atom. The Bertz CT molecular complexity index is 921. The highest BCUT2D eigenvalue weighted by atomic mass is 16.5. The van der Waals surface area contributed by atoms with Crippen molar-refractivity contribution in [1.29, 1.82) is 0 Å². The molecule has 0 atom stereocenters. The maximum atomic E-state index is 11.9. The fourth-order valence-corrected chi connectivity index (χ4v) is 2.48. The Labute approximate surface area is 132 Å². The van der Waals surface area contributed by atoms with Crippen molar-refractivity contribution >= 4 is 16.7 Å². The van der Waals surface area contributed by atoms with Gasteiger partial charge in [-0.25, -0.2) is 9.97 Å². The second kappa shape index (κ2) is 5.96. The second-order valence-electron chi connectivity index (χ2n) is 5.03. The number of benzene rings is 1. The molecule has 2 heterocycles. The minimum absolute atomic E-state index is 0.174. The molecule has 0 aliphatic carbocycles. The quantitative estimate of drug-likeness (QED) is 0.716. The summed E-state index contributed by atoms with van der Waals surface area (Å²) in [6, 6.07) is 8.94. The molecule has 3 rings (SSSR count). The van der Waals surface area contributed by atoms with Gasteiger partial charge in [0.1, 0.15) is 12.1 Å². The lowest BCUT2D eigenvalue weighted by Gasteiger charge is -2.13. The van der Waals surface area contributed by atoms with Crippen molar-refractivity contribution in [1.82, 2.24) is 14.7 Å². The third kappa shape index (κ3) is 2.68. The summed E-state index contributed by atoms with van der Waals surface area (Å²) in [7, 11) is 1.61. The molecule has 23 heavy (non-hydrogen) atoms. The molecule has 0 saturated heterocycles. The van der Waals surface area contributed by atoms with Gasteiger partial charge in [0.15, 0.2) is 5.65 Å². The summed E-state index contributed by atoms with van der Waals surface area (Å²) in [5, 5.41) is 13.6. The van der Waals surface area contributed by atoms with Gasteiger partial charge in [-0.15, -0.1) is 4.73 Å². The minimum Gasteiger partial charge on any atom is -0.496 e. The molecule has 0 amide bonds. The lowest BCUT2D eigenvalue weighted by molar-refractivity contribution is 0.186. The van der Waals surface area contributed by atoms with E-state index in [2.05, 4.69) is 15.3 Å². The van der Waals surface area contributed by atoms with Gasteiger partial charge in [0, 0.05) is 18.2 Å². The summed E-state index contributed by atoms with van der Waals surface area (Å²) in [5.74, 6) is 0.757. The minimum atomic E-state index is -0.557. The smallest absolute Gasteiger partial charge is 0.286 e. The summed E-state index contributed by atoms with van der Waals surface area (Å²) < 4.78 is 5.84. The van der Waals surface area contributed by atoms with Gasteiger partial charge in [-0.3, -0.25) is 4.79 Å². The van der Waals surface area contributed by atoms with Crippen molar-refractivity contribution in [3.8, 4) is 5.75 Å². The van der Waals surface area contributed by atoms with Crippen LogP contribution in [-0.4, -0.2) is 27.0 Å². The number of rotatable bonds is 4. The van der Waals surface area contributed by atoms with E-state index in [4.69, 9.17) is 4.74 Å². The molecule has 7 nitrogen and oxygen atoms in total. The first kappa shape index (κ1) is 14.8. The second-order valence-corrected chi connectivity index (χ2v) is 5.03. The van der Waals surface area contributed by atoms with Crippen molar-refractivity contribution in [2.75, 3.05) is 12.4 Å². The lowest BCUT2D eigenvalue weighted by Crippen LogP contribution is -2.20. The highest BCUT2D eigenvalue weighted by Crippen LogP contribution is 2.24. The summed E-state index contributed by atoms with van der Waals surface area (Å²) in [6.45, 7) is 2.26. The summed E-state index contributed by atoms with van der Waals surface area (Å²) in [5.41, 5.74) is 1.80. The molecule has 0 spiro atoms. The monoisotopic (exact) mass is 312 g/mol. The molecule has 0 unspecified atom stereocenters. The molecule has 0 bridgehead atoms. The molecular weight excluding hydrogens is 296 g/mol. The van der Waals surface area contributed by atoms with Crippen molar-refractivity contribution in [2.45, 2.75) is 13.5 Å². The molecule has 0 fully saturated rings. The zero-order chi connectivity index (χ0) is 16.4. The lowest BCUT2D eigenvalue weighted by atomic mass is 10.1. The fourth-order valence-electron chi connectivity index (χ4n) is 2.48. The van der Waals surface area contributed by atoms with E-state index in [9.17, 15) is 10.0 Å². The summed E-state index contributed by atoms with van der Waals surface area (Å²) in [4.78, 5) is 20.0. The topological polar surface area (TPSA) is 89.3 Å². The number of hydrogen-bond acceptors (Lipinski definition) is 6. The molecule has 0 aliphatic heterocycles. The third-order valence-electron chi connectivity index (χ3n) is 3.63. The summed E-state index contributed by atoms with van der Waals surface area (Å²) >= 11 is 0. The van der Waals surface area contributed by atoms with E-state index in [1.54, 1.807) is 14.0 Å². The SMILES string of the molecule is COc1ccccc1CNc1cc(=O)n(O)c2ncnc(C)c12. The van der Waals surface area contributed by atoms with Crippen LogP contribution in [0.15, 0.2) is 41.5 Å². The Balaban J connectivity index is 2.04. The number of para-hydroxylation sites is 1. The van der Waals surface area contributed by atoms with Gasteiger partial charge >= 0.3 is 0 Å². The number of pyridine rings is 1. The number of fused-ring (bicyclic) bond motifs is 1. The maximum Gasteiger partial charge on any atom is 0.286 e. The van der Waals surface area contributed by atoms with Crippen molar-refractivity contribution in [2.24, 2.45) is 0 Å². The Morgan fingerprint density at radius 1 is 1.30 bits per heavy atom. The van der Waals surface area contributed by atoms with Gasteiger partial charge in [0.05, 0.1) is 23.9 Å². The average Bonchev–Trinajstić information content (AvgIpc) is 2.57. The van der Waals surface area contributed by atoms with Gasteiger partial charge < -0.3 is 15.3 Å². The van der Waals surface area contributed by atoms with E-state index in [1.165, 1.54) is 12.4 Å². The standard InChI is InChI=1S/C16H16N4O3/c1-10-15-12(7-14(21)20(22)16(15)19-9-18-10)17-8-11-5-3-4-6-13(11)23-2/h3-7,9,17,22H,8H2,1-2H3. The number of methoxy groups -OCH3 is 1. The van der Waals surface area contributed by atoms with E-state index >= 15 is 0 Å². The molecule has 0 saturated carbocycles. The fraction of sp³-hybridized carbons (Fsp3) is 0.188. The molecule has 2 N–H and O–H groups in total. The first-order valence-corrected chi connectivity index (χ1v) is 7.04. The molecule has 1 aromatic carbocycles. The first-order chi connectivity index (χ1) is 11.1.